The van der Waals surface area contributed by atoms with Crippen LogP contribution < -0.4 is 0 Å². The van der Waals surface area contributed by atoms with Gasteiger partial charge >= 0.3 is 0 Å². The van der Waals surface area contributed by atoms with Crippen LogP contribution >= 0.6 is 23.5 Å². The minimum Gasteiger partial charge on any atom is -0.386 e. The molecule has 0 bridgehead atoms. The summed E-state index contributed by atoms with van der Waals surface area (Å²) in [5.74, 6) is 0. The Morgan fingerprint density at radius 3 is 1.58 bits per heavy atom. The van der Waals surface area contributed by atoms with Crippen molar-refractivity contribution >= 4 is 45.1 Å². The van der Waals surface area contributed by atoms with Gasteiger partial charge in [0.25, 0.3) is 0 Å². The van der Waals surface area contributed by atoms with Crippen molar-refractivity contribution < 1.29 is 5.11 Å². The molecule has 150 valence electrons. The molecule has 6 rings (SSSR count). The van der Waals surface area contributed by atoms with E-state index in [2.05, 4.69) is 72.8 Å². The molecule has 5 aromatic rings. The van der Waals surface area contributed by atoms with E-state index < -0.39 is 6.10 Å². The van der Waals surface area contributed by atoms with Gasteiger partial charge in [0.1, 0.15) is 6.10 Å². The Morgan fingerprint density at radius 1 is 0.548 bits per heavy atom. The fourth-order valence-corrected chi connectivity index (χ4v) is 7.27. The van der Waals surface area contributed by atoms with Crippen molar-refractivity contribution in [3.63, 3.8) is 0 Å². The number of hydrogen-bond acceptors (Lipinski definition) is 3. The molecule has 1 nitrogen and oxygen atoms in total. The van der Waals surface area contributed by atoms with Gasteiger partial charge in [0, 0.05) is 20.9 Å². The van der Waals surface area contributed by atoms with E-state index in [0.717, 1.165) is 5.56 Å². The van der Waals surface area contributed by atoms with Crippen LogP contribution in [0.3, 0.4) is 0 Å². The molecular weight excluding hydrogens is 416 g/mol. The SMILES string of the molecule is OC(c1ccccc1)C1Sc2ccc3ccccc3c2-c2c(ccc3ccccc23)S1. The summed E-state index contributed by atoms with van der Waals surface area (Å²) in [6, 6.07) is 36.1. The van der Waals surface area contributed by atoms with Gasteiger partial charge in [0.15, 0.2) is 0 Å². The summed E-state index contributed by atoms with van der Waals surface area (Å²) < 4.78 is -0.0373. The van der Waals surface area contributed by atoms with Gasteiger partial charge in [-0.05, 0) is 39.2 Å². The first kappa shape index (κ1) is 19.0. The molecule has 3 heteroatoms. The van der Waals surface area contributed by atoms with Crippen LogP contribution in [0.4, 0.5) is 0 Å². The first-order chi connectivity index (χ1) is 15.3. The van der Waals surface area contributed by atoms with Crippen LogP contribution in [0.15, 0.2) is 113 Å². The molecule has 31 heavy (non-hydrogen) atoms. The van der Waals surface area contributed by atoms with Crippen LogP contribution in [-0.4, -0.2) is 9.69 Å². The number of rotatable bonds is 2. The molecule has 0 saturated carbocycles. The number of benzene rings is 5. The summed E-state index contributed by atoms with van der Waals surface area (Å²) in [6.07, 6.45) is -0.562. The van der Waals surface area contributed by atoms with Gasteiger partial charge in [-0.2, -0.15) is 0 Å². The maximum atomic E-state index is 11.3. The highest BCUT2D eigenvalue weighted by Gasteiger charge is 2.30. The number of aliphatic hydroxyl groups is 1. The van der Waals surface area contributed by atoms with Crippen molar-refractivity contribution in [2.45, 2.75) is 20.5 Å². The lowest BCUT2D eigenvalue weighted by Crippen LogP contribution is -2.11. The summed E-state index contributed by atoms with van der Waals surface area (Å²) in [5.41, 5.74) is 3.52. The predicted molar refractivity (Wildman–Crippen MR) is 134 cm³/mol. The number of hydrogen-bond donors (Lipinski definition) is 1. The highest BCUT2D eigenvalue weighted by atomic mass is 32.2. The molecule has 1 aliphatic rings. The quantitative estimate of drug-likeness (QED) is 0.303. The van der Waals surface area contributed by atoms with Gasteiger partial charge in [-0.1, -0.05) is 91.0 Å². The summed E-state index contributed by atoms with van der Waals surface area (Å²) in [5, 5.41) is 16.3. The molecule has 0 spiro atoms. The van der Waals surface area contributed by atoms with E-state index >= 15 is 0 Å². The van der Waals surface area contributed by atoms with Crippen molar-refractivity contribution in [1.82, 2.24) is 0 Å². The third-order valence-electron chi connectivity index (χ3n) is 5.92. The molecule has 5 aromatic carbocycles. The van der Waals surface area contributed by atoms with Gasteiger partial charge in [-0.25, -0.2) is 0 Å². The van der Waals surface area contributed by atoms with Crippen LogP contribution in [0.5, 0.6) is 0 Å². The van der Waals surface area contributed by atoms with Crippen molar-refractivity contribution in [2.75, 3.05) is 0 Å². The smallest absolute Gasteiger partial charge is 0.101 e. The molecule has 1 atom stereocenters. The minimum absolute atomic E-state index is 0.0373. The second kappa shape index (κ2) is 7.76. The van der Waals surface area contributed by atoms with Crippen LogP contribution in [0.2, 0.25) is 0 Å². The molecule has 0 fully saturated rings. The maximum Gasteiger partial charge on any atom is 0.101 e. The standard InChI is InChI=1S/C28H20OS2/c29-27(20-10-2-1-3-11-20)28-30-23-16-14-18-8-4-6-12-21(18)25(23)26-22-13-7-5-9-19(22)15-17-24(26)31-28/h1-17,27-29H. The van der Waals surface area contributed by atoms with Crippen molar-refractivity contribution in [1.29, 1.82) is 0 Å². The zero-order chi connectivity index (χ0) is 20.8. The Hall–Kier alpha value is -2.72. The molecule has 1 aliphatic heterocycles. The van der Waals surface area contributed by atoms with E-state index in [1.165, 1.54) is 42.5 Å². The van der Waals surface area contributed by atoms with E-state index in [9.17, 15) is 5.11 Å². The second-order valence-electron chi connectivity index (χ2n) is 7.78. The fourth-order valence-electron chi connectivity index (χ4n) is 4.43. The zero-order valence-corrected chi connectivity index (χ0v) is 18.4. The Bertz CT molecular complexity index is 1320. The summed E-state index contributed by atoms with van der Waals surface area (Å²) in [7, 11) is 0. The highest BCUT2D eigenvalue weighted by molar-refractivity contribution is 8.17. The van der Waals surface area contributed by atoms with Crippen LogP contribution in [0.1, 0.15) is 11.7 Å². The Balaban J connectivity index is 1.64. The Labute approximate surface area is 190 Å². The van der Waals surface area contributed by atoms with Gasteiger partial charge in [0.2, 0.25) is 0 Å². The summed E-state index contributed by atoms with van der Waals surface area (Å²) in [6.45, 7) is 0. The van der Waals surface area contributed by atoms with Gasteiger partial charge < -0.3 is 5.11 Å². The molecule has 0 radical (unpaired) electrons. The second-order valence-corrected chi connectivity index (χ2v) is 10.4. The summed E-state index contributed by atoms with van der Waals surface area (Å²) in [4.78, 5) is 2.45. The number of fused-ring (bicyclic) bond motifs is 7. The Kier molecular flexibility index (Phi) is 4.76. The normalized spacial score (nSPS) is 14.7. The number of aliphatic hydroxyl groups excluding tert-OH is 1. The molecular formula is C28H20OS2. The molecule has 1 heterocycles. The molecule has 0 saturated heterocycles. The van der Waals surface area contributed by atoms with Crippen LogP contribution in [-0.2, 0) is 0 Å². The summed E-state index contributed by atoms with van der Waals surface area (Å²) >= 11 is 3.55. The van der Waals surface area contributed by atoms with E-state index in [0.29, 0.717) is 0 Å². The minimum atomic E-state index is -0.562. The van der Waals surface area contributed by atoms with Gasteiger partial charge in [-0.15, -0.1) is 23.5 Å². The average molecular weight is 437 g/mol. The van der Waals surface area contributed by atoms with Crippen molar-refractivity contribution in [3.8, 4) is 11.1 Å². The third kappa shape index (κ3) is 3.25. The topological polar surface area (TPSA) is 20.2 Å². The zero-order valence-electron chi connectivity index (χ0n) is 16.7. The van der Waals surface area contributed by atoms with Gasteiger partial charge in [0.05, 0.1) is 4.58 Å². The lowest BCUT2D eigenvalue weighted by Gasteiger charge is -2.21. The highest BCUT2D eigenvalue weighted by Crippen LogP contribution is 2.54. The fraction of sp³-hybridized carbons (Fsp3) is 0.0714. The largest absolute Gasteiger partial charge is 0.386 e. The predicted octanol–water partition coefficient (Wildman–Crippen LogP) is 7.92. The van der Waals surface area contributed by atoms with E-state index in [1.54, 1.807) is 23.5 Å². The third-order valence-corrected chi connectivity index (χ3v) is 8.66. The first-order valence-corrected chi connectivity index (χ1v) is 12.2. The van der Waals surface area contributed by atoms with Crippen molar-refractivity contribution in [2.24, 2.45) is 0 Å². The molecule has 1 unspecified atom stereocenters. The molecule has 1 N–H and O–H groups in total. The number of thioether (sulfide) groups is 2. The van der Waals surface area contributed by atoms with Crippen molar-refractivity contribution in [3.05, 3.63) is 109 Å². The van der Waals surface area contributed by atoms with E-state index in [4.69, 9.17) is 0 Å². The Morgan fingerprint density at radius 2 is 1.03 bits per heavy atom. The van der Waals surface area contributed by atoms with Gasteiger partial charge in [-0.3, -0.25) is 0 Å². The monoisotopic (exact) mass is 436 g/mol. The maximum absolute atomic E-state index is 11.3. The first-order valence-electron chi connectivity index (χ1n) is 10.4. The molecule has 0 aliphatic carbocycles. The van der Waals surface area contributed by atoms with E-state index in [1.807, 2.05) is 30.3 Å². The molecule has 0 amide bonds. The lowest BCUT2D eigenvalue weighted by molar-refractivity contribution is 0.196. The van der Waals surface area contributed by atoms with E-state index in [-0.39, 0.29) is 4.58 Å². The average Bonchev–Trinajstić information content (AvgIpc) is 3.01. The lowest BCUT2D eigenvalue weighted by atomic mass is 9.94. The molecule has 0 aromatic heterocycles. The van der Waals surface area contributed by atoms with Crippen LogP contribution in [0.25, 0.3) is 32.7 Å². The van der Waals surface area contributed by atoms with Crippen LogP contribution in [0, 0.1) is 0 Å².